The lowest BCUT2D eigenvalue weighted by molar-refractivity contribution is 0.0389. The van der Waals surface area contributed by atoms with Crippen molar-refractivity contribution in [3.8, 4) is 0 Å². The van der Waals surface area contributed by atoms with Gasteiger partial charge >= 0.3 is 6.09 Å². The van der Waals surface area contributed by atoms with Gasteiger partial charge in [-0.3, -0.25) is 0 Å². The molecule has 1 aliphatic carbocycles. The number of hydrogen-bond acceptors (Lipinski definition) is 3. The van der Waals surface area contributed by atoms with E-state index < -0.39 is 5.60 Å². The van der Waals surface area contributed by atoms with Crippen LogP contribution in [-0.2, 0) is 4.74 Å². The molecule has 2 atom stereocenters. The first-order chi connectivity index (χ1) is 6.42. The molecule has 14 heavy (non-hydrogen) atoms. The Hall–Kier alpha value is -0.770. The molecule has 0 radical (unpaired) electrons. The number of hydrogen-bond donors (Lipinski definition) is 2. The third kappa shape index (κ3) is 3.18. The van der Waals surface area contributed by atoms with E-state index in [4.69, 9.17) is 9.84 Å². The first kappa shape index (κ1) is 11.3. The van der Waals surface area contributed by atoms with E-state index in [2.05, 4.69) is 5.32 Å². The van der Waals surface area contributed by atoms with Crippen molar-refractivity contribution in [2.75, 3.05) is 6.61 Å². The molecule has 1 amide bonds. The van der Waals surface area contributed by atoms with E-state index in [0.717, 1.165) is 12.8 Å². The summed E-state index contributed by atoms with van der Waals surface area (Å²) in [4.78, 5) is 11.3. The molecule has 0 bridgehead atoms. The predicted molar refractivity (Wildman–Crippen MR) is 53.0 cm³/mol. The maximum atomic E-state index is 11.3. The Morgan fingerprint density at radius 1 is 1.50 bits per heavy atom. The minimum Gasteiger partial charge on any atom is -0.444 e. The van der Waals surface area contributed by atoms with E-state index in [1.54, 1.807) is 0 Å². The molecule has 0 heterocycles. The van der Waals surface area contributed by atoms with Gasteiger partial charge in [-0.15, -0.1) is 0 Å². The van der Waals surface area contributed by atoms with Gasteiger partial charge in [-0.25, -0.2) is 4.79 Å². The first-order valence-corrected chi connectivity index (χ1v) is 5.03. The Morgan fingerprint density at radius 3 is 2.50 bits per heavy atom. The number of carbonyl (C=O) groups excluding carboxylic acids is 1. The molecule has 4 heteroatoms. The zero-order valence-corrected chi connectivity index (χ0v) is 9.04. The van der Waals surface area contributed by atoms with Crippen LogP contribution >= 0.6 is 0 Å². The molecule has 0 aromatic carbocycles. The molecule has 0 aliphatic heterocycles. The van der Waals surface area contributed by atoms with E-state index >= 15 is 0 Å². The van der Waals surface area contributed by atoms with Crippen LogP contribution in [0.1, 0.15) is 33.6 Å². The van der Waals surface area contributed by atoms with E-state index in [1.807, 2.05) is 20.8 Å². The summed E-state index contributed by atoms with van der Waals surface area (Å²) in [6.45, 7) is 5.63. The second-order valence-corrected chi connectivity index (χ2v) is 4.77. The SMILES string of the molecule is CC(C)(C)OC(=O)N[C@H]1CC[C@H]1CO. The Bertz CT molecular complexity index is 208. The molecule has 0 saturated heterocycles. The summed E-state index contributed by atoms with van der Waals surface area (Å²) in [6.07, 6.45) is 1.53. The Kier molecular flexibility index (Phi) is 3.37. The monoisotopic (exact) mass is 201 g/mol. The number of carbonyl (C=O) groups is 1. The van der Waals surface area contributed by atoms with Crippen LogP contribution in [0.15, 0.2) is 0 Å². The fourth-order valence-electron chi connectivity index (χ4n) is 1.44. The first-order valence-electron chi connectivity index (χ1n) is 5.03. The fraction of sp³-hybridized carbons (Fsp3) is 0.900. The smallest absolute Gasteiger partial charge is 0.407 e. The lowest BCUT2D eigenvalue weighted by Crippen LogP contribution is -2.49. The largest absolute Gasteiger partial charge is 0.444 e. The molecule has 0 unspecified atom stereocenters. The Balaban J connectivity index is 2.27. The van der Waals surface area contributed by atoms with Gasteiger partial charge < -0.3 is 15.2 Å². The van der Waals surface area contributed by atoms with Crippen molar-refractivity contribution in [3.63, 3.8) is 0 Å². The molecule has 0 aromatic rings. The van der Waals surface area contributed by atoms with Gasteiger partial charge in [0, 0.05) is 18.6 Å². The molecule has 1 fully saturated rings. The third-order valence-corrected chi connectivity index (χ3v) is 2.35. The summed E-state index contributed by atoms with van der Waals surface area (Å²) in [5.41, 5.74) is -0.456. The maximum absolute atomic E-state index is 11.3. The van der Waals surface area contributed by atoms with Gasteiger partial charge in [0.2, 0.25) is 0 Å². The number of nitrogens with one attached hydrogen (secondary N) is 1. The summed E-state index contributed by atoms with van der Waals surface area (Å²) in [7, 11) is 0. The lowest BCUT2D eigenvalue weighted by atomic mass is 9.80. The van der Waals surface area contributed by atoms with Crippen LogP contribution in [0.5, 0.6) is 0 Å². The molecular weight excluding hydrogens is 182 g/mol. The van der Waals surface area contributed by atoms with E-state index in [0.29, 0.717) is 0 Å². The van der Waals surface area contributed by atoms with Crippen LogP contribution in [0.25, 0.3) is 0 Å². The van der Waals surface area contributed by atoms with Crippen molar-refractivity contribution in [2.45, 2.75) is 45.3 Å². The maximum Gasteiger partial charge on any atom is 0.407 e. The quantitative estimate of drug-likeness (QED) is 0.707. The average molecular weight is 201 g/mol. The highest BCUT2D eigenvalue weighted by Gasteiger charge is 2.32. The van der Waals surface area contributed by atoms with Crippen LogP contribution in [0.2, 0.25) is 0 Å². The highest BCUT2D eigenvalue weighted by atomic mass is 16.6. The normalized spacial score (nSPS) is 26.6. The summed E-state index contributed by atoms with van der Waals surface area (Å²) >= 11 is 0. The molecule has 4 nitrogen and oxygen atoms in total. The van der Waals surface area contributed by atoms with Gasteiger partial charge in [-0.05, 0) is 33.6 Å². The standard InChI is InChI=1S/C10H19NO3/c1-10(2,3)14-9(13)11-8-5-4-7(8)6-12/h7-8,12H,4-6H2,1-3H3,(H,11,13)/t7-,8-/m0/s1. The second-order valence-electron chi connectivity index (χ2n) is 4.77. The third-order valence-electron chi connectivity index (χ3n) is 2.35. The van der Waals surface area contributed by atoms with Crippen LogP contribution in [0.4, 0.5) is 4.79 Å². The van der Waals surface area contributed by atoms with E-state index in [9.17, 15) is 4.79 Å². The molecule has 0 aromatic heterocycles. The van der Waals surface area contributed by atoms with Crippen LogP contribution in [0, 0.1) is 5.92 Å². The number of ether oxygens (including phenoxy) is 1. The zero-order valence-electron chi connectivity index (χ0n) is 9.04. The van der Waals surface area contributed by atoms with Crippen molar-refractivity contribution in [3.05, 3.63) is 0 Å². The van der Waals surface area contributed by atoms with Gasteiger partial charge in [0.25, 0.3) is 0 Å². The second kappa shape index (κ2) is 4.17. The van der Waals surface area contributed by atoms with Gasteiger partial charge in [-0.2, -0.15) is 0 Å². The molecular formula is C10H19NO3. The van der Waals surface area contributed by atoms with E-state index in [1.165, 1.54) is 0 Å². The average Bonchev–Trinajstić information content (AvgIpc) is 1.96. The molecule has 1 saturated carbocycles. The topological polar surface area (TPSA) is 58.6 Å². The fourth-order valence-corrected chi connectivity index (χ4v) is 1.44. The van der Waals surface area contributed by atoms with Crippen molar-refractivity contribution >= 4 is 6.09 Å². The Morgan fingerprint density at radius 2 is 2.14 bits per heavy atom. The van der Waals surface area contributed by atoms with Crippen molar-refractivity contribution < 1.29 is 14.6 Å². The lowest BCUT2D eigenvalue weighted by Gasteiger charge is -2.36. The molecule has 0 spiro atoms. The minimum atomic E-state index is -0.456. The highest BCUT2D eigenvalue weighted by molar-refractivity contribution is 5.68. The van der Waals surface area contributed by atoms with Gasteiger partial charge in [0.15, 0.2) is 0 Å². The summed E-state index contributed by atoms with van der Waals surface area (Å²) < 4.78 is 5.11. The number of aliphatic hydroxyl groups excluding tert-OH is 1. The van der Waals surface area contributed by atoms with Crippen LogP contribution < -0.4 is 5.32 Å². The Labute approximate surface area is 84.6 Å². The highest BCUT2D eigenvalue weighted by Crippen LogP contribution is 2.26. The predicted octanol–water partition coefficient (Wildman–Crippen LogP) is 1.28. The minimum absolute atomic E-state index is 0.0925. The molecule has 2 N–H and O–H groups in total. The summed E-state index contributed by atoms with van der Waals surface area (Å²) in [6, 6.07) is 0.0925. The van der Waals surface area contributed by atoms with Crippen molar-refractivity contribution in [1.82, 2.24) is 5.32 Å². The van der Waals surface area contributed by atoms with Gasteiger partial charge in [0.05, 0.1) is 0 Å². The number of alkyl carbamates (subject to hydrolysis) is 1. The summed E-state index contributed by atoms with van der Waals surface area (Å²) in [5.74, 6) is 0.211. The zero-order chi connectivity index (χ0) is 10.8. The number of rotatable bonds is 2. The number of amides is 1. The van der Waals surface area contributed by atoms with Crippen LogP contribution in [-0.4, -0.2) is 29.4 Å². The van der Waals surface area contributed by atoms with Crippen LogP contribution in [0.3, 0.4) is 0 Å². The molecule has 82 valence electrons. The summed E-state index contributed by atoms with van der Waals surface area (Å²) in [5, 5.41) is 11.7. The van der Waals surface area contributed by atoms with Crippen molar-refractivity contribution in [2.24, 2.45) is 5.92 Å². The van der Waals surface area contributed by atoms with Gasteiger partial charge in [-0.1, -0.05) is 0 Å². The van der Waals surface area contributed by atoms with E-state index in [-0.39, 0.29) is 24.7 Å². The molecule has 1 rings (SSSR count). The molecule has 1 aliphatic rings. The number of aliphatic hydroxyl groups is 1. The van der Waals surface area contributed by atoms with Crippen molar-refractivity contribution in [1.29, 1.82) is 0 Å². The van der Waals surface area contributed by atoms with Gasteiger partial charge in [0.1, 0.15) is 5.60 Å².